The molecule has 1 aromatic heterocycles. The van der Waals surface area contributed by atoms with Crippen molar-refractivity contribution in [1.29, 1.82) is 0 Å². The second-order valence-electron chi connectivity index (χ2n) is 5.67. The number of rotatable bonds is 4. The van der Waals surface area contributed by atoms with E-state index in [-0.39, 0.29) is 12.5 Å². The van der Waals surface area contributed by atoms with E-state index in [9.17, 15) is 18.0 Å². The van der Waals surface area contributed by atoms with Gasteiger partial charge >= 0.3 is 6.18 Å². The van der Waals surface area contributed by atoms with E-state index in [1.165, 1.54) is 17.4 Å². The summed E-state index contributed by atoms with van der Waals surface area (Å²) in [4.78, 5) is 13.6. The smallest absolute Gasteiger partial charge is 0.399 e. The molecule has 0 spiro atoms. The van der Waals surface area contributed by atoms with Crippen LogP contribution in [-0.2, 0) is 12.7 Å². The van der Waals surface area contributed by atoms with E-state index in [4.69, 9.17) is 5.73 Å². The molecule has 3 aromatic rings. The van der Waals surface area contributed by atoms with Gasteiger partial charge < -0.3 is 11.1 Å². The van der Waals surface area contributed by atoms with Gasteiger partial charge in [-0.05, 0) is 47.5 Å². The number of nitrogen functional groups attached to an aromatic ring is 1. The minimum atomic E-state index is -4.40. The standard InChI is InChI=1S/C19H15F3N2OS/c20-19(21,22)14-5-1-3-12(9-14)11-24-18(25)17-8-7-16(26-17)13-4-2-6-15(23)10-13/h1-10H,11,23H2,(H,24,25). The molecule has 0 unspecified atom stereocenters. The maximum absolute atomic E-state index is 12.7. The molecule has 3 nitrogen and oxygen atoms in total. The van der Waals surface area contributed by atoms with E-state index in [2.05, 4.69) is 5.32 Å². The summed E-state index contributed by atoms with van der Waals surface area (Å²) in [5.74, 6) is -0.331. The summed E-state index contributed by atoms with van der Waals surface area (Å²) in [6.07, 6.45) is -4.40. The first-order valence-corrected chi connectivity index (χ1v) is 8.55. The molecule has 0 atom stereocenters. The fraction of sp³-hybridized carbons (Fsp3) is 0.105. The number of hydrogen-bond donors (Lipinski definition) is 2. The molecule has 1 amide bonds. The van der Waals surface area contributed by atoms with Crippen LogP contribution in [0.3, 0.4) is 0 Å². The van der Waals surface area contributed by atoms with Gasteiger partial charge in [-0.1, -0.05) is 24.3 Å². The summed E-state index contributed by atoms with van der Waals surface area (Å²) in [7, 11) is 0. The van der Waals surface area contributed by atoms with Gasteiger partial charge in [-0.2, -0.15) is 13.2 Å². The topological polar surface area (TPSA) is 55.1 Å². The Morgan fingerprint density at radius 1 is 1.04 bits per heavy atom. The normalized spacial score (nSPS) is 11.3. The fourth-order valence-electron chi connectivity index (χ4n) is 2.43. The Bertz CT molecular complexity index is 934. The third-order valence-corrected chi connectivity index (χ3v) is 4.84. The third kappa shape index (κ3) is 4.23. The third-order valence-electron chi connectivity index (χ3n) is 3.71. The first-order chi connectivity index (χ1) is 12.3. The van der Waals surface area contributed by atoms with Crippen LogP contribution in [0.4, 0.5) is 18.9 Å². The second-order valence-corrected chi connectivity index (χ2v) is 6.75. The van der Waals surface area contributed by atoms with Gasteiger partial charge in [0.05, 0.1) is 10.4 Å². The van der Waals surface area contributed by atoms with Gasteiger partial charge in [0.1, 0.15) is 0 Å². The largest absolute Gasteiger partial charge is 0.416 e. The monoisotopic (exact) mass is 376 g/mol. The van der Waals surface area contributed by atoms with Crippen LogP contribution in [0.15, 0.2) is 60.7 Å². The Hall–Kier alpha value is -2.80. The van der Waals surface area contributed by atoms with Gasteiger partial charge in [0, 0.05) is 17.1 Å². The number of amides is 1. The van der Waals surface area contributed by atoms with Crippen molar-refractivity contribution in [2.75, 3.05) is 5.73 Å². The zero-order valence-electron chi connectivity index (χ0n) is 13.5. The van der Waals surface area contributed by atoms with Gasteiger partial charge in [-0.15, -0.1) is 11.3 Å². The average Bonchev–Trinajstić information content (AvgIpc) is 3.09. The van der Waals surface area contributed by atoms with E-state index in [1.807, 2.05) is 24.3 Å². The summed E-state index contributed by atoms with van der Waals surface area (Å²) in [6, 6.07) is 15.7. The molecule has 0 aliphatic rings. The van der Waals surface area contributed by atoms with Crippen molar-refractivity contribution in [3.05, 3.63) is 76.7 Å². The van der Waals surface area contributed by atoms with Gasteiger partial charge in [-0.3, -0.25) is 4.79 Å². The van der Waals surface area contributed by atoms with E-state index in [0.717, 1.165) is 22.6 Å². The zero-order chi connectivity index (χ0) is 18.7. The highest BCUT2D eigenvalue weighted by atomic mass is 32.1. The lowest BCUT2D eigenvalue weighted by atomic mass is 10.1. The molecule has 0 saturated carbocycles. The average molecular weight is 376 g/mol. The lowest BCUT2D eigenvalue weighted by Gasteiger charge is -2.09. The molecule has 7 heteroatoms. The number of thiophene rings is 1. The number of alkyl halides is 3. The fourth-order valence-corrected chi connectivity index (χ4v) is 3.35. The second kappa shape index (κ2) is 7.21. The van der Waals surface area contributed by atoms with Crippen molar-refractivity contribution in [3.8, 4) is 10.4 Å². The SMILES string of the molecule is Nc1cccc(-c2ccc(C(=O)NCc3cccc(C(F)(F)F)c3)s2)c1. The molecule has 0 bridgehead atoms. The van der Waals surface area contributed by atoms with Crippen molar-refractivity contribution in [2.45, 2.75) is 12.7 Å². The Labute approximate surface area is 152 Å². The van der Waals surface area contributed by atoms with E-state index in [0.29, 0.717) is 16.1 Å². The maximum atomic E-state index is 12.7. The van der Waals surface area contributed by atoms with Crippen molar-refractivity contribution in [3.63, 3.8) is 0 Å². The van der Waals surface area contributed by atoms with Crippen molar-refractivity contribution in [2.24, 2.45) is 0 Å². The lowest BCUT2D eigenvalue weighted by Crippen LogP contribution is -2.22. The molecule has 0 radical (unpaired) electrons. The van der Waals surface area contributed by atoms with Crippen LogP contribution in [-0.4, -0.2) is 5.91 Å². The molecule has 0 saturated heterocycles. The Morgan fingerprint density at radius 3 is 2.54 bits per heavy atom. The summed E-state index contributed by atoms with van der Waals surface area (Å²) < 4.78 is 38.2. The van der Waals surface area contributed by atoms with Crippen LogP contribution >= 0.6 is 11.3 Å². The minimum Gasteiger partial charge on any atom is -0.399 e. The lowest BCUT2D eigenvalue weighted by molar-refractivity contribution is -0.137. The maximum Gasteiger partial charge on any atom is 0.416 e. The van der Waals surface area contributed by atoms with E-state index >= 15 is 0 Å². The van der Waals surface area contributed by atoms with Crippen LogP contribution in [0.1, 0.15) is 20.8 Å². The van der Waals surface area contributed by atoms with Crippen LogP contribution in [0.25, 0.3) is 10.4 Å². The molecule has 3 rings (SSSR count). The number of nitrogens with two attached hydrogens (primary N) is 1. The summed E-state index contributed by atoms with van der Waals surface area (Å²) in [6.45, 7) is 0.0221. The predicted molar refractivity (Wildman–Crippen MR) is 96.8 cm³/mol. The number of carbonyl (C=O) groups is 1. The molecular weight excluding hydrogens is 361 g/mol. The predicted octanol–water partition coefficient (Wildman–Crippen LogP) is 4.95. The minimum absolute atomic E-state index is 0.0221. The summed E-state index contributed by atoms with van der Waals surface area (Å²) >= 11 is 1.30. The Morgan fingerprint density at radius 2 is 1.81 bits per heavy atom. The quantitative estimate of drug-likeness (QED) is 0.633. The molecule has 2 aromatic carbocycles. The van der Waals surface area contributed by atoms with Crippen molar-refractivity contribution >= 4 is 22.9 Å². The van der Waals surface area contributed by atoms with Crippen LogP contribution in [0, 0.1) is 0 Å². The highest BCUT2D eigenvalue weighted by Gasteiger charge is 2.30. The van der Waals surface area contributed by atoms with E-state index < -0.39 is 11.7 Å². The number of carbonyl (C=O) groups excluding carboxylic acids is 1. The zero-order valence-corrected chi connectivity index (χ0v) is 14.3. The Kier molecular flexibility index (Phi) is 4.99. The first kappa shape index (κ1) is 18.0. The highest BCUT2D eigenvalue weighted by molar-refractivity contribution is 7.17. The number of benzene rings is 2. The van der Waals surface area contributed by atoms with Gasteiger partial charge in [-0.25, -0.2) is 0 Å². The molecule has 134 valence electrons. The summed E-state index contributed by atoms with van der Waals surface area (Å²) in [5.41, 5.74) is 6.96. The van der Waals surface area contributed by atoms with Crippen LogP contribution in [0.5, 0.6) is 0 Å². The van der Waals surface area contributed by atoms with Crippen LogP contribution < -0.4 is 11.1 Å². The van der Waals surface area contributed by atoms with Crippen molar-refractivity contribution < 1.29 is 18.0 Å². The number of hydrogen-bond acceptors (Lipinski definition) is 3. The highest BCUT2D eigenvalue weighted by Crippen LogP contribution is 2.30. The number of halogens is 3. The molecule has 1 heterocycles. The van der Waals surface area contributed by atoms with Gasteiger partial charge in [0.2, 0.25) is 0 Å². The first-order valence-electron chi connectivity index (χ1n) is 7.73. The van der Waals surface area contributed by atoms with Gasteiger partial charge in [0.25, 0.3) is 5.91 Å². The molecule has 0 aliphatic heterocycles. The van der Waals surface area contributed by atoms with Crippen molar-refractivity contribution in [1.82, 2.24) is 5.32 Å². The molecule has 3 N–H and O–H groups in total. The molecule has 26 heavy (non-hydrogen) atoms. The molecule has 0 aliphatic carbocycles. The molecular formula is C19H15F3N2OS. The van der Waals surface area contributed by atoms with Crippen LogP contribution in [0.2, 0.25) is 0 Å². The van der Waals surface area contributed by atoms with Gasteiger partial charge in [0.15, 0.2) is 0 Å². The number of nitrogens with one attached hydrogen (secondary N) is 1. The summed E-state index contributed by atoms with van der Waals surface area (Å²) in [5, 5.41) is 2.65. The number of anilines is 1. The molecule has 0 fully saturated rings. The Balaban J connectivity index is 1.68. The van der Waals surface area contributed by atoms with E-state index in [1.54, 1.807) is 18.2 Å².